The Balaban J connectivity index is 1.84. The van der Waals surface area contributed by atoms with Crippen LogP contribution in [0.2, 0.25) is 0 Å². The molecule has 126 valence electrons. The van der Waals surface area contributed by atoms with Crippen LogP contribution in [0.3, 0.4) is 0 Å². The molecule has 23 heavy (non-hydrogen) atoms. The van der Waals surface area contributed by atoms with Gasteiger partial charge in [0.1, 0.15) is 5.71 Å². The molecular weight excluding hydrogens is 359 g/mol. The molecule has 3 rings (SSSR count). The molecule has 0 aromatic heterocycles. The largest absolute Gasteiger partial charge is 0.477 e. The van der Waals surface area contributed by atoms with E-state index < -0.39 is 5.97 Å². The van der Waals surface area contributed by atoms with Crippen LogP contribution >= 0.6 is 34.8 Å². The number of nitrogens with zero attached hydrogens (tertiary/aromatic N) is 2. The van der Waals surface area contributed by atoms with Gasteiger partial charge in [-0.1, -0.05) is 29.3 Å². The van der Waals surface area contributed by atoms with Gasteiger partial charge in [-0.05, 0) is 44.1 Å². The van der Waals surface area contributed by atoms with E-state index in [4.69, 9.17) is 34.8 Å². The lowest BCUT2D eigenvalue weighted by atomic mass is 9.84. The Morgan fingerprint density at radius 1 is 1.30 bits per heavy atom. The van der Waals surface area contributed by atoms with Gasteiger partial charge in [-0.3, -0.25) is 5.01 Å². The number of carbonyl (C=O) groups is 1. The van der Waals surface area contributed by atoms with Crippen molar-refractivity contribution in [2.24, 2.45) is 11.0 Å². The van der Waals surface area contributed by atoms with Crippen LogP contribution in [0.5, 0.6) is 0 Å². The second kappa shape index (κ2) is 7.04. The fourth-order valence-corrected chi connectivity index (χ4v) is 4.50. The third kappa shape index (κ3) is 3.70. The molecule has 0 aromatic carbocycles. The number of hydrogen-bond acceptors (Lipinski definition) is 3. The van der Waals surface area contributed by atoms with Gasteiger partial charge in [-0.25, -0.2) is 4.79 Å². The Kier molecular flexibility index (Phi) is 5.24. The molecule has 0 saturated heterocycles. The molecule has 0 amide bonds. The van der Waals surface area contributed by atoms with Crippen LogP contribution in [-0.2, 0) is 4.79 Å². The minimum Gasteiger partial charge on any atom is -0.477 e. The maximum atomic E-state index is 11.4. The van der Waals surface area contributed by atoms with Crippen molar-refractivity contribution in [3.05, 3.63) is 22.2 Å². The molecule has 0 radical (unpaired) electrons. The monoisotopic (exact) mass is 376 g/mol. The predicted molar refractivity (Wildman–Crippen MR) is 93.2 cm³/mol. The van der Waals surface area contributed by atoms with Crippen molar-refractivity contribution >= 4 is 46.5 Å². The van der Waals surface area contributed by atoms with E-state index in [0.717, 1.165) is 37.1 Å². The number of aliphatic carboxylic acids is 1. The van der Waals surface area contributed by atoms with Gasteiger partial charge in [0.25, 0.3) is 0 Å². The van der Waals surface area contributed by atoms with Gasteiger partial charge >= 0.3 is 5.97 Å². The average molecular weight is 378 g/mol. The first kappa shape index (κ1) is 17.1. The summed E-state index contributed by atoms with van der Waals surface area (Å²) in [6.45, 7) is 0. The van der Waals surface area contributed by atoms with Crippen LogP contribution in [0, 0.1) is 5.92 Å². The summed E-state index contributed by atoms with van der Waals surface area (Å²) >= 11 is 18.6. The Morgan fingerprint density at radius 2 is 2.09 bits per heavy atom. The second-order valence-corrected chi connectivity index (χ2v) is 7.83. The zero-order valence-corrected chi connectivity index (χ0v) is 14.9. The van der Waals surface area contributed by atoms with E-state index >= 15 is 0 Å². The molecule has 0 bridgehead atoms. The summed E-state index contributed by atoms with van der Waals surface area (Å²) in [7, 11) is 0. The minimum atomic E-state index is -0.951. The van der Waals surface area contributed by atoms with Crippen LogP contribution in [0.4, 0.5) is 0 Å². The van der Waals surface area contributed by atoms with Gasteiger partial charge in [-0.2, -0.15) is 5.10 Å². The lowest BCUT2D eigenvalue weighted by molar-refractivity contribution is -0.129. The fraction of sp³-hybridized carbons (Fsp3) is 0.625. The summed E-state index contributed by atoms with van der Waals surface area (Å²) in [5.74, 6) is -0.607. The Morgan fingerprint density at radius 3 is 2.70 bits per heavy atom. The highest BCUT2D eigenvalue weighted by atomic mass is 35.5. The zero-order valence-electron chi connectivity index (χ0n) is 12.6. The van der Waals surface area contributed by atoms with Gasteiger partial charge < -0.3 is 5.11 Å². The van der Waals surface area contributed by atoms with Gasteiger partial charge in [-0.15, -0.1) is 11.6 Å². The standard InChI is InChI=1S/C16H19Cl3N2O2/c17-10-3-1-9(2-4-10)15-8-13(16(22)23)20-21(15)14-6-5-11(18)7-12(14)19/h3,7,9,11,14-15H,1-2,4-6,8H2,(H,22,23). The van der Waals surface area contributed by atoms with E-state index in [0.29, 0.717) is 17.4 Å². The van der Waals surface area contributed by atoms with Crippen molar-refractivity contribution < 1.29 is 9.90 Å². The van der Waals surface area contributed by atoms with Gasteiger partial charge in [0.05, 0.1) is 17.5 Å². The molecular formula is C16H19Cl3N2O2. The molecule has 1 heterocycles. The van der Waals surface area contributed by atoms with E-state index in [-0.39, 0.29) is 23.2 Å². The van der Waals surface area contributed by atoms with Crippen molar-refractivity contribution in [3.8, 4) is 0 Å². The first-order valence-corrected chi connectivity index (χ1v) is 9.10. The third-order valence-corrected chi connectivity index (χ3v) is 5.92. The van der Waals surface area contributed by atoms with E-state index in [1.54, 1.807) is 0 Å². The fourth-order valence-electron chi connectivity index (χ4n) is 3.61. The molecule has 0 fully saturated rings. The molecule has 0 saturated carbocycles. The van der Waals surface area contributed by atoms with Gasteiger partial charge in [0, 0.05) is 16.5 Å². The number of allylic oxidation sites excluding steroid dienone is 3. The Labute approximate surface area is 150 Å². The van der Waals surface area contributed by atoms with E-state index in [9.17, 15) is 9.90 Å². The van der Waals surface area contributed by atoms with Crippen LogP contribution < -0.4 is 0 Å². The molecule has 1 aliphatic heterocycles. The minimum absolute atomic E-state index is 0.0563. The van der Waals surface area contributed by atoms with Crippen LogP contribution in [0.25, 0.3) is 0 Å². The number of alkyl halides is 1. The topological polar surface area (TPSA) is 52.9 Å². The maximum absolute atomic E-state index is 11.4. The summed E-state index contributed by atoms with van der Waals surface area (Å²) in [5, 5.41) is 17.2. The number of rotatable bonds is 3. The first-order valence-electron chi connectivity index (χ1n) is 7.90. The van der Waals surface area contributed by atoms with E-state index in [2.05, 4.69) is 5.10 Å². The lowest BCUT2D eigenvalue weighted by Crippen LogP contribution is -2.43. The van der Waals surface area contributed by atoms with E-state index in [1.165, 1.54) is 0 Å². The highest BCUT2D eigenvalue weighted by Gasteiger charge is 2.41. The van der Waals surface area contributed by atoms with Crippen molar-refractivity contribution in [3.63, 3.8) is 0 Å². The Hall–Kier alpha value is -0.710. The molecule has 0 aromatic rings. The van der Waals surface area contributed by atoms with Gasteiger partial charge in [0.15, 0.2) is 0 Å². The van der Waals surface area contributed by atoms with Crippen molar-refractivity contribution in [2.45, 2.75) is 56.0 Å². The highest BCUT2D eigenvalue weighted by Crippen LogP contribution is 2.39. The molecule has 1 N–H and O–H groups in total. The molecule has 4 unspecified atom stereocenters. The first-order chi connectivity index (χ1) is 11.0. The summed E-state index contributed by atoms with van der Waals surface area (Å²) in [6.07, 6.45) is 8.60. The lowest BCUT2D eigenvalue weighted by Gasteiger charge is -2.38. The summed E-state index contributed by atoms with van der Waals surface area (Å²) in [4.78, 5) is 11.4. The molecule has 3 aliphatic rings. The zero-order chi connectivity index (χ0) is 16.6. The third-order valence-electron chi connectivity index (χ3n) is 4.86. The number of halogens is 3. The second-order valence-electron chi connectivity index (χ2n) is 6.35. The SMILES string of the molecule is O=C(O)C1=NN(C2CCC(Cl)C=C2Cl)C(C2CC=C(Cl)CC2)C1. The van der Waals surface area contributed by atoms with Crippen LogP contribution in [-0.4, -0.2) is 39.3 Å². The van der Waals surface area contributed by atoms with Crippen molar-refractivity contribution in [2.75, 3.05) is 0 Å². The van der Waals surface area contributed by atoms with Crippen LogP contribution in [0.1, 0.15) is 38.5 Å². The molecule has 0 spiro atoms. The number of carboxylic acid groups (broad SMARTS) is 1. The predicted octanol–water partition coefficient (Wildman–Crippen LogP) is 4.32. The maximum Gasteiger partial charge on any atom is 0.352 e. The molecule has 4 atom stereocenters. The number of hydrazone groups is 1. The van der Waals surface area contributed by atoms with Crippen LogP contribution in [0.15, 0.2) is 27.3 Å². The number of hydrogen-bond donors (Lipinski definition) is 1. The van der Waals surface area contributed by atoms with Crippen molar-refractivity contribution in [1.82, 2.24) is 5.01 Å². The summed E-state index contributed by atoms with van der Waals surface area (Å²) in [6, 6.07) is -0.0176. The summed E-state index contributed by atoms with van der Waals surface area (Å²) < 4.78 is 0. The molecule has 2 aliphatic carbocycles. The highest BCUT2D eigenvalue weighted by molar-refractivity contribution is 6.36. The van der Waals surface area contributed by atoms with Crippen molar-refractivity contribution in [1.29, 1.82) is 0 Å². The quantitative estimate of drug-likeness (QED) is 0.745. The smallest absolute Gasteiger partial charge is 0.352 e. The van der Waals surface area contributed by atoms with Gasteiger partial charge in [0.2, 0.25) is 0 Å². The normalized spacial score (nSPS) is 34.7. The number of carboxylic acids is 1. The van der Waals surface area contributed by atoms with E-state index in [1.807, 2.05) is 17.2 Å². The molecule has 7 heteroatoms. The average Bonchev–Trinajstić information content (AvgIpc) is 2.93. The molecule has 4 nitrogen and oxygen atoms in total. The summed E-state index contributed by atoms with van der Waals surface area (Å²) in [5.41, 5.74) is 0.216. The Bertz CT molecular complexity index is 588.